The van der Waals surface area contributed by atoms with Crippen LogP contribution >= 0.6 is 11.3 Å². The summed E-state index contributed by atoms with van der Waals surface area (Å²) in [6.07, 6.45) is 12.8. The number of nitrogens with zero attached hydrogens (tertiary/aromatic N) is 2. The second-order valence-corrected chi connectivity index (χ2v) is 15.0. The van der Waals surface area contributed by atoms with E-state index in [0.29, 0.717) is 16.3 Å². The van der Waals surface area contributed by atoms with Crippen molar-refractivity contribution in [1.82, 2.24) is 9.29 Å². The monoisotopic (exact) mass is 642 g/mol. The number of thiophene rings is 1. The molecule has 0 aliphatic heterocycles. The Balaban J connectivity index is 1.20. The second-order valence-electron chi connectivity index (χ2n) is 11.9. The smallest absolute Gasteiger partial charge is 0.258 e. The summed E-state index contributed by atoms with van der Waals surface area (Å²) in [4.78, 5) is 32.6. The van der Waals surface area contributed by atoms with Gasteiger partial charge in [0.05, 0.1) is 10.5 Å². The van der Waals surface area contributed by atoms with Gasteiger partial charge in [-0.1, -0.05) is 37.5 Å². The summed E-state index contributed by atoms with van der Waals surface area (Å²) < 4.78 is 28.4. The average Bonchev–Trinajstić information content (AvgIpc) is 3.44. The molecule has 2 aromatic carbocycles. The number of carbonyl (C=O) groups excluding carboxylic acids is 2. The molecule has 2 aliphatic rings. The molecular formula is C35H38N4O4S2. The van der Waals surface area contributed by atoms with Crippen molar-refractivity contribution in [2.24, 2.45) is 0 Å². The maximum absolute atomic E-state index is 13.7. The number of pyridine rings is 1. The van der Waals surface area contributed by atoms with Gasteiger partial charge in [0.2, 0.25) is 10.0 Å². The molecule has 45 heavy (non-hydrogen) atoms. The minimum Gasteiger partial charge on any atom is -0.322 e. The molecule has 0 unspecified atom stereocenters. The SMILES string of the molecule is CN(C1CCCCC1)S(=O)(=O)c1cccc(C(=O)Nc2sc3c(c2C(=O)Nc2ccc(Cc4ccncc4)cc2)CCCC3)c1. The lowest BCUT2D eigenvalue weighted by Crippen LogP contribution is -2.38. The van der Waals surface area contributed by atoms with E-state index < -0.39 is 15.9 Å². The third-order valence-electron chi connectivity index (χ3n) is 8.86. The molecule has 2 heterocycles. The highest BCUT2D eigenvalue weighted by atomic mass is 32.2. The Kier molecular flexibility index (Phi) is 9.44. The van der Waals surface area contributed by atoms with Crippen molar-refractivity contribution >= 4 is 43.9 Å². The zero-order valence-electron chi connectivity index (χ0n) is 25.4. The third kappa shape index (κ3) is 7.03. The Bertz CT molecular complexity index is 1780. The summed E-state index contributed by atoms with van der Waals surface area (Å²) in [5.74, 6) is -0.711. The van der Waals surface area contributed by atoms with Crippen LogP contribution in [0.15, 0.2) is 78.0 Å². The van der Waals surface area contributed by atoms with Gasteiger partial charge < -0.3 is 10.6 Å². The van der Waals surface area contributed by atoms with Crippen LogP contribution in [0, 0.1) is 0 Å². The fraction of sp³-hybridized carbons (Fsp3) is 0.343. The number of anilines is 2. The number of rotatable bonds is 9. The number of aryl methyl sites for hydroxylation is 1. The van der Waals surface area contributed by atoms with Gasteiger partial charge in [-0.15, -0.1) is 11.3 Å². The van der Waals surface area contributed by atoms with Crippen molar-refractivity contribution in [3.63, 3.8) is 0 Å². The zero-order chi connectivity index (χ0) is 31.4. The first kappa shape index (κ1) is 31.1. The van der Waals surface area contributed by atoms with Crippen LogP contribution in [0.1, 0.15) is 87.2 Å². The fourth-order valence-electron chi connectivity index (χ4n) is 6.31. The van der Waals surface area contributed by atoms with Crippen LogP contribution in [-0.2, 0) is 29.3 Å². The van der Waals surface area contributed by atoms with E-state index in [-0.39, 0.29) is 22.4 Å². The molecule has 0 atom stereocenters. The average molecular weight is 643 g/mol. The van der Waals surface area contributed by atoms with E-state index in [2.05, 4.69) is 15.6 Å². The topological polar surface area (TPSA) is 108 Å². The van der Waals surface area contributed by atoms with E-state index in [0.717, 1.165) is 85.8 Å². The summed E-state index contributed by atoms with van der Waals surface area (Å²) in [6, 6.07) is 17.9. The molecule has 2 N–H and O–H groups in total. The molecule has 6 rings (SSSR count). The first-order valence-corrected chi connectivity index (χ1v) is 17.9. The summed E-state index contributed by atoms with van der Waals surface area (Å²) in [5.41, 5.74) is 4.66. The van der Waals surface area contributed by atoms with Crippen LogP contribution < -0.4 is 10.6 Å². The predicted octanol–water partition coefficient (Wildman–Crippen LogP) is 7.07. The van der Waals surface area contributed by atoms with Gasteiger partial charge in [0, 0.05) is 41.6 Å². The highest BCUT2D eigenvalue weighted by Crippen LogP contribution is 2.39. The van der Waals surface area contributed by atoms with Gasteiger partial charge in [0.1, 0.15) is 5.00 Å². The minimum atomic E-state index is -3.76. The van der Waals surface area contributed by atoms with Crippen LogP contribution in [0.3, 0.4) is 0 Å². The fourth-order valence-corrected chi connectivity index (χ4v) is 9.05. The van der Waals surface area contributed by atoms with Gasteiger partial charge in [-0.3, -0.25) is 14.6 Å². The first-order valence-electron chi connectivity index (χ1n) is 15.6. The molecule has 10 heteroatoms. The Morgan fingerprint density at radius 1 is 0.867 bits per heavy atom. The molecule has 0 radical (unpaired) electrons. The number of amides is 2. The molecule has 234 valence electrons. The number of hydrogen-bond acceptors (Lipinski definition) is 6. The van der Waals surface area contributed by atoms with Gasteiger partial charge >= 0.3 is 0 Å². The number of hydrogen-bond donors (Lipinski definition) is 2. The molecule has 1 saturated carbocycles. The maximum atomic E-state index is 13.7. The summed E-state index contributed by atoms with van der Waals surface area (Å²) in [5, 5.41) is 6.49. The van der Waals surface area contributed by atoms with Crippen LogP contribution in [-0.4, -0.2) is 42.6 Å². The first-order chi connectivity index (χ1) is 21.8. The zero-order valence-corrected chi connectivity index (χ0v) is 27.1. The van der Waals surface area contributed by atoms with E-state index >= 15 is 0 Å². The minimum absolute atomic E-state index is 0.0302. The molecule has 0 saturated heterocycles. The lowest BCUT2D eigenvalue weighted by atomic mass is 9.95. The molecule has 1 fully saturated rings. The van der Waals surface area contributed by atoms with Crippen molar-refractivity contribution in [1.29, 1.82) is 0 Å². The Labute approximate surface area is 269 Å². The molecule has 0 bridgehead atoms. The Hall–Kier alpha value is -3.86. The number of benzene rings is 2. The number of carbonyl (C=O) groups is 2. The molecular weight excluding hydrogens is 605 g/mol. The van der Waals surface area contributed by atoms with E-state index in [1.807, 2.05) is 36.4 Å². The van der Waals surface area contributed by atoms with Crippen molar-refractivity contribution < 1.29 is 18.0 Å². The second kappa shape index (κ2) is 13.6. The number of fused-ring (bicyclic) bond motifs is 1. The van der Waals surface area contributed by atoms with Gasteiger partial charge in [0.15, 0.2) is 0 Å². The normalized spacial score (nSPS) is 15.4. The highest BCUT2D eigenvalue weighted by molar-refractivity contribution is 7.89. The molecule has 4 aromatic rings. The quantitative estimate of drug-likeness (QED) is 0.203. The summed E-state index contributed by atoms with van der Waals surface area (Å²) in [7, 11) is -2.13. The number of nitrogens with one attached hydrogen (secondary N) is 2. The van der Waals surface area contributed by atoms with Crippen LogP contribution in [0.25, 0.3) is 0 Å². The van der Waals surface area contributed by atoms with Crippen LogP contribution in [0.2, 0.25) is 0 Å². The highest BCUT2D eigenvalue weighted by Gasteiger charge is 2.30. The van der Waals surface area contributed by atoms with Gasteiger partial charge in [0.25, 0.3) is 11.8 Å². The third-order valence-corrected chi connectivity index (χ3v) is 12.0. The Morgan fingerprint density at radius 3 is 2.33 bits per heavy atom. The summed E-state index contributed by atoms with van der Waals surface area (Å²) in [6.45, 7) is 0. The maximum Gasteiger partial charge on any atom is 0.258 e. The standard InChI is InChI=1S/C35H38N4O4S2/c1-39(28-9-3-2-4-10-28)45(42,43)29-11-7-8-26(23-29)33(40)38-35-32(30-12-5-6-13-31(30)44-35)34(41)37-27-16-14-24(15-17-27)22-25-18-20-36-21-19-25/h7-8,11,14-21,23,28H,2-6,9-10,12-13,22H2,1H3,(H,37,41)(H,38,40). The predicted molar refractivity (Wildman–Crippen MR) is 179 cm³/mol. The van der Waals surface area contributed by atoms with E-state index in [1.165, 1.54) is 27.8 Å². The van der Waals surface area contributed by atoms with Crippen LogP contribution in [0.4, 0.5) is 10.7 Å². The lowest BCUT2D eigenvalue weighted by molar-refractivity contribution is 0.102. The van der Waals surface area contributed by atoms with Crippen molar-refractivity contribution in [2.75, 3.05) is 17.7 Å². The Morgan fingerprint density at radius 2 is 1.58 bits per heavy atom. The van der Waals surface area contributed by atoms with Crippen LogP contribution in [0.5, 0.6) is 0 Å². The molecule has 0 spiro atoms. The van der Waals surface area contributed by atoms with Gasteiger partial charge in [-0.2, -0.15) is 4.31 Å². The number of sulfonamides is 1. The lowest BCUT2D eigenvalue weighted by Gasteiger charge is -2.30. The molecule has 2 amide bonds. The molecule has 2 aromatic heterocycles. The molecule has 8 nitrogen and oxygen atoms in total. The van der Waals surface area contributed by atoms with E-state index in [9.17, 15) is 18.0 Å². The van der Waals surface area contributed by atoms with Crippen molar-refractivity contribution in [2.45, 2.75) is 75.1 Å². The van der Waals surface area contributed by atoms with Crippen molar-refractivity contribution in [3.05, 3.63) is 106 Å². The van der Waals surface area contributed by atoms with Gasteiger partial charge in [-0.05, 0) is 104 Å². The van der Waals surface area contributed by atoms with Crippen molar-refractivity contribution in [3.8, 4) is 0 Å². The van der Waals surface area contributed by atoms with E-state index in [4.69, 9.17) is 0 Å². The largest absolute Gasteiger partial charge is 0.322 e. The number of aromatic nitrogens is 1. The van der Waals surface area contributed by atoms with Gasteiger partial charge in [-0.25, -0.2) is 8.42 Å². The van der Waals surface area contributed by atoms with E-state index in [1.54, 1.807) is 31.6 Å². The molecule has 2 aliphatic carbocycles. The summed E-state index contributed by atoms with van der Waals surface area (Å²) >= 11 is 1.44.